The molecule has 194 valence electrons. The summed E-state index contributed by atoms with van der Waals surface area (Å²) in [6.07, 6.45) is 2.34. The number of aromatic nitrogens is 4. The molecule has 0 unspecified atom stereocenters. The van der Waals surface area contributed by atoms with Crippen LogP contribution >= 0.6 is 0 Å². The maximum atomic E-state index is 13.0. The molecule has 37 heavy (non-hydrogen) atoms. The van der Waals surface area contributed by atoms with Gasteiger partial charge in [-0.2, -0.15) is 23.4 Å². The standard InChI is InChI=1S/C25H26F3N7O2/c1-2-19(36)33-7-6-24(14-33)9-18(10-24)35-22(29)20(23(30)37)21(32-35)16-11-31-34(13-16)12-15-4-3-5-17(8-15)25(26,27)28/h2-5,8,11,13,18H,1,6-7,9-10,12,14,29H2,(H2,30,37)/t18-,24-. The maximum Gasteiger partial charge on any atom is 0.416 e. The molecule has 2 amide bonds. The number of nitrogens with zero attached hydrogens (tertiary/aromatic N) is 5. The number of benzene rings is 1. The van der Waals surface area contributed by atoms with Gasteiger partial charge < -0.3 is 16.4 Å². The molecule has 2 aliphatic rings. The monoisotopic (exact) mass is 513 g/mol. The van der Waals surface area contributed by atoms with E-state index in [1.54, 1.807) is 21.8 Å². The quantitative estimate of drug-likeness (QED) is 0.490. The van der Waals surface area contributed by atoms with E-state index < -0.39 is 17.6 Å². The molecule has 0 bridgehead atoms. The molecule has 3 heterocycles. The lowest BCUT2D eigenvalue weighted by Gasteiger charge is -2.45. The SMILES string of the molecule is C=CC(=O)N1CC[C@]2(C1)C[C@H](n1nc(-c3cnn(Cc4cccc(C(F)(F)F)c4)c3)c(C(N)=O)c1N)C2. The second-order valence-electron chi connectivity index (χ2n) is 9.82. The van der Waals surface area contributed by atoms with Gasteiger partial charge in [-0.25, -0.2) is 4.68 Å². The van der Waals surface area contributed by atoms with E-state index in [-0.39, 0.29) is 41.0 Å². The van der Waals surface area contributed by atoms with Crippen LogP contribution in [0.2, 0.25) is 0 Å². The van der Waals surface area contributed by atoms with Gasteiger partial charge in [-0.15, -0.1) is 0 Å². The molecule has 0 atom stereocenters. The molecule has 0 radical (unpaired) electrons. The first-order valence-electron chi connectivity index (χ1n) is 11.8. The van der Waals surface area contributed by atoms with Gasteiger partial charge in [0.25, 0.3) is 5.91 Å². The number of hydrogen-bond acceptors (Lipinski definition) is 5. The highest BCUT2D eigenvalue weighted by atomic mass is 19.4. The smallest absolute Gasteiger partial charge is 0.383 e. The summed E-state index contributed by atoms with van der Waals surface area (Å²) in [6, 6.07) is 4.96. The molecular formula is C25H26F3N7O2. The van der Waals surface area contributed by atoms with Crippen molar-refractivity contribution in [3.05, 3.63) is 66.0 Å². The number of halogens is 3. The van der Waals surface area contributed by atoms with Gasteiger partial charge in [0, 0.05) is 24.8 Å². The number of primary amides is 1. The molecule has 5 rings (SSSR count). The van der Waals surface area contributed by atoms with Gasteiger partial charge in [-0.3, -0.25) is 14.3 Å². The van der Waals surface area contributed by atoms with Crippen LogP contribution < -0.4 is 11.5 Å². The fourth-order valence-electron chi connectivity index (χ4n) is 5.47. The number of carbonyl (C=O) groups excluding carboxylic acids is 2. The van der Waals surface area contributed by atoms with Crippen molar-refractivity contribution in [2.75, 3.05) is 18.8 Å². The predicted molar refractivity (Wildman–Crippen MR) is 129 cm³/mol. The van der Waals surface area contributed by atoms with Crippen LogP contribution in [0.15, 0.2) is 49.3 Å². The molecule has 4 N–H and O–H groups in total. The molecule has 1 aromatic carbocycles. The zero-order chi connectivity index (χ0) is 26.5. The molecule has 1 aliphatic heterocycles. The molecule has 2 aromatic heterocycles. The number of amides is 2. The first-order chi connectivity index (χ1) is 17.5. The van der Waals surface area contributed by atoms with Gasteiger partial charge in [0.1, 0.15) is 17.1 Å². The number of anilines is 1. The molecule has 1 aliphatic carbocycles. The number of alkyl halides is 3. The predicted octanol–water partition coefficient (Wildman–Crippen LogP) is 3.23. The van der Waals surface area contributed by atoms with E-state index >= 15 is 0 Å². The van der Waals surface area contributed by atoms with Crippen molar-refractivity contribution in [3.63, 3.8) is 0 Å². The van der Waals surface area contributed by atoms with E-state index in [2.05, 4.69) is 16.8 Å². The second-order valence-corrected chi connectivity index (χ2v) is 9.82. The van der Waals surface area contributed by atoms with Crippen molar-refractivity contribution < 1.29 is 22.8 Å². The average Bonchev–Trinajstić information content (AvgIpc) is 3.54. The van der Waals surface area contributed by atoms with Crippen LogP contribution in [0.5, 0.6) is 0 Å². The topological polar surface area (TPSA) is 125 Å². The third-order valence-electron chi connectivity index (χ3n) is 7.31. The van der Waals surface area contributed by atoms with Crippen molar-refractivity contribution in [3.8, 4) is 11.3 Å². The molecule has 9 nitrogen and oxygen atoms in total. The van der Waals surface area contributed by atoms with Gasteiger partial charge in [-0.1, -0.05) is 18.7 Å². The Balaban J connectivity index is 1.36. The Bertz CT molecular complexity index is 1390. The summed E-state index contributed by atoms with van der Waals surface area (Å²) in [5.41, 5.74) is 12.5. The van der Waals surface area contributed by atoms with Crippen LogP contribution in [0.3, 0.4) is 0 Å². The highest BCUT2D eigenvalue weighted by molar-refractivity contribution is 6.03. The third kappa shape index (κ3) is 4.47. The van der Waals surface area contributed by atoms with Gasteiger partial charge in [0.2, 0.25) is 5.91 Å². The lowest BCUT2D eigenvalue weighted by atomic mass is 9.65. The number of nitrogen functional groups attached to an aromatic ring is 1. The maximum absolute atomic E-state index is 13.0. The number of likely N-dealkylation sites (tertiary alicyclic amines) is 1. The Morgan fingerprint density at radius 3 is 2.70 bits per heavy atom. The zero-order valence-electron chi connectivity index (χ0n) is 19.9. The minimum atomic E-state index is -4.44. The van der Waals surface area contributed by atoms with E-state index in [0.717, 1.165) is 31.4 Å². The highest BCUT2D eigenvalue weighted by Gasteiger charge is 2.50. The van der Waals surface area contributed by atoms with Crippen LogP contribution in [-0.2, 0) is 17.5 Å². The van der Waals surface area contributed by atoms with Crippen molar-refractivity contribution in [2.24, 2.45) is 11.1 Å². The number of rotatable bonds is 6. The number of hydrogen-bond donors (Lipinski definition) is 2. The first-order valence-corrected chi connectivity index (χ1v) is 11.8. The summed E-state index contributed by atoms with van der Waals surface area (Å²) < 4.78 is 42.2. The van der Waals surface area contributed by atoms with Crippen LogP contribution in [0, 0.1) is 5.41 Å². The summed E-state index contributed by atoms with van der Waals surface area (Å²) in [5, 5.41) is 8.84. The van der Waals surface area contributed by atoms with E-state index in [1.165, 1.54) is 23.0 Å². The Labute approximate surface area is 210 Å². The van der Waals surface area contributed by atoms with Crippen LogP contribution in [-0.4, -0.2) is 49.4 Å². The molecule has 12 heteroatoms. The summed E-state index contributed by atoms with van der Waals surface area (Å²) in [6.45, 7) is 4.97. The molecular weight excluding hydrogens is 487 g/mol. The fourth-order valence-corrected chi connectivity index (χ4v) is 5.47. The number of carbonyl (C=O) groups is 2. The average molecular weight is 514 g/mol. The molecule has 1 spiro atoms. The van der Waals surface area contributed by atoms with Crippen molar-refractivity contribution in [2.45, 2.75) is 38.0 Å². The molecule has 1 saturated carbocycles. The third-order valence-corrected chi connectivity index (χ3v) is 7.31. The largest absolute Gasteiger partial charge is 0.416 e. The Kier molecular flexibility index (Phi) is 5.84. The van der Waals surface area contributed by atoms with Gasteiger partial charge >= 0.3 is 6.18 Å². The second kappa shape index (κ2) is 8.79. The van der Waals surface area contributed by atoms with E-state index in [4.69, 9.17) is 11.5 Å². The Hall–Kier alpha value is -4.09. The lowest BCUT2D eigenvalue weighted by Crippen LogP contribution is -2.42. The van der Waals surface area contributed by atoms with Crippen LogP contribution in [0.25, 0.3) is 11.3 Å². The molecule has 3 aromatic rings. The summed E-state index contributed by atoms with van der Waals surface area (Å²) in [4.78, 5) is 26.0. The van der Waals surface area contributed by atoms with Gasteiger partial charge in [0.15, 0.2) is 0 Å². The minimum absolute atomic E-state index is 0.00931. The lowest BCUT2D eigenvalue weighted by molar-refractivity contribution is -0.137. The van der Waals surface area contributed by atoms with Gasteiger partial charge in [-0.05, 0) is 48.4 Å². The van der Waals surface area contributed by atoms with E-state index in [9.17, 15) is 22.8 Å². The Morgan fingerprint density at radius 1 is 1.27 bits per heavy atom. The van der Waals surface area contributed by atoms with Crippen LogP contribution in [0.4, 0.5) is 19.0 Å². The van der Waals surface area contributed by atoms with E-state index in [0.29, 0.717) is 24.2 Å². The summed E-state index contributed by atoms with van der Waals surface area (Å²) in [7, 11) is 0. The summed E-state index contributed by atoms with van der Waals surface area (Å²) >= 11 is 0. The van der Waals surface area contributed by atoms with Crippen molar-refractivity contribution in [1.29, 1.82) is 0 Å². The Morgan fingerprint density at radius 2 is 2.03 bits per heavy atom. The normalized spacial score (nSPS) is 21.3. The van der Waals surface area contributed by atoms with Crippen LogP contribution in [0.1, 0.15) is 46.8 Å². The number of nitrogens with two attached hydrogens (primary N) is 2. The fraction of sp³-hybridized carbons (Fsp3) is 0.360. The van der Waals surface area contributed by atoms with Crippen molar-refractivity contribution in [1.82, 2.24) is 24.5 Å². The van der Waals surface area contributed by atoms with Gasteiger partial charge in [0.05, 0.1) is 24.3 Å². The molecule has 2 fully saturated rings. The zero-order valence-corrected chi connectivity index (χ0v) is 19.9. The summed E-state index contributed by atoms with van der Waals surface area (Å²) in [5.74, 6) is -0.661. The first kappa shape index (κ1) is 24.6. The molecule has 1 saturated heterocycles. The minimum Gasteiger partial charge on any atom is -0.383 e. The van der Waals surface area contributed by atoms with Crippen molar-refractivity contribution >= 4 is 17.6 Å². The highest BCUT2D eigenvalue weighted by Crippen LogP contribution is 2.54. The van der Waals surface area contributed by atoms with E-state index in [1.807, 2.05) is 0 Å².